The van der Waals surface area contributed by atoms with Gasteiger partial charge in [0.2, 0.25) is 5.91 Å². The van der Waals surface area contributed by atoms with E-state index in [0.717, 1.165) is 27.5 Å². The molecule has 4 heterocycles. The molecule has 1 atom stereocenters. The molecule has 1 aliphatic rings. The monoisotopic (exact) mass is 492 g/mol. The smallest absolute Gasteiger partial charge is 0.410 e. The minimum absolute atomic E-state index is 0.00380. The van der Waals surface area contributed by atoms with E-state index in [0.29, 0.717) is 36.6 Å². The molecule has 2 amide bonds. The molecule has 0 fully saturated rings. The van der Waals surface area contributed by atoms with Gasteiger partial charge in [0.1, 0.15) is 23.5 Å². The Labute approximate surface area is 208 Å². The van der Waals surface area contributed by atoms with Gasteiger partial charge in [0.25, 0.3) is 0 Å². The van der Waals surface area contributed by atoms with Gasteiger partial charge >= 0.3 is 6.09 Å². The Morgan fingerprint density at radius 2 is 2.20 bits per heavy atom. The van der Waals surface area contributed by atoms with Crippen LogP contribution in [0.2, 0.25) is 0 Å². The highest BCUT2D eigenvalue weighted by atomic mass is 32.1. The van der Waals surface area contributed by atoms with Crippen LogP contribution in [-0.4, -0.2) is 44.6 Å². The number of aryl methyl sites for hydroxylation is 2. The summed E-state index contributed by atoms with van der Waals surface area (Å²) in [7, 11) is 0. The standard InChI is InChI=1S/C25H28N6O3S/c1-16(19-5-4-7-27-13-19)11-23(32)29-24-21(12-26)20-6-8-31(15-22(20)35-24)25(33)34-10-9-30-14-17(2)28-18(30)3/h4-5,7,13-14,16H,6,8-11,15H2,1-3H3,(H,29,32)/t16-/m0/s1. The first kappa shape index (κ1) is 24.4. The quantitative estimate of drug-likeness (QED) is 0.530. The summed E-state index contributed by atoms with van der Waals surface area (Å²) < 4.78 is 7.44. The lowest BCUT2D eigenvalue weighted by molar-refractivity contribution is -0.116. The molecule has 3 aromatic heterocycles. The molecule has 0 bridgehead atoms. The number of hydrogen-bond donors (Lipinski definition) is 1. The second kappa shape index (κ2) is 10.7. The third-order valence-electron chi connectivity index (χ3n) is 6.08. The Kier molecular flexibility index (Phi) is 7.46. The molecule has 0 saturated heterocycles. The summed E-state index contributed by atoms with van der Waals surface area (Å²) in [6.07, 6.45) is 5.84. The maximum absolute atomic E-state index is 12.7. The number of carbonyl (C=O) groups excluding carboxylic acids is 2. The Morgan fingerprint density at radius 1 is 1.37 bits per heavy atom. The fraction of sp³-hybridized carbons (Fsp3) is 0.400. The van der Waals surface area contributed by atoms with E-state index in [4.69, 9.17) is 4.74 Å². The van der Waals surface area contributed by atoms with Gasteiger partial charge in [0.15, 0.2) is 0 Å². The number of fused-ring (bicyclic) bond motifs is 1. The highest BCUT2D eigenvalue weighted by Gasteiger charge is 2.28. The summed E-state index contributed by atoms with van der Waals surface area (Å²) in [5, 5.41) is 13.2. The molecule has 9 nitrogen and oxygen atoms in total. The normalized spacial score (nSPS) is 13.6. The Morgan fingerprint density at radius 3 is 2.89 bits per heavy atom. The Hall–Kier alpha value is -3.71. The molecular weight excluding hydrogens is 464 g/mol. The molecule has 0 aliphatic carbocycles. The molecule has 1 aliphatic heterocycles. The van der Waals surface area contributed by atoms with Crippen molar-refractivity contribution in [2.75, 3.05) is 18.5 Å². The molecule has 4 rings (SSSR count). The zero-order valence-electron chi connectivity index (χ0n) is 20.1. The van der Waals surface area contributed by atoms with E-state index < -0.39 is 0 Å². The molecule has 0 radical (unpaired) electrons. The van der Waals surface area contributed by atoms with Gasteiger partial charge in [-0.25, -0.2) is 9.78 Å². The predicted octanol–water partition coefficient (Wildman–Crippen LogP) is 4.16. The molecule has 10 heteroatoms. The first-order chi connectivity index (χ1) is 16.9. The Bertz CT molecular complexity index is 1260. The minimum Gasteiger partial charge on any atom is -0.448 e. The average Bonchev–Trinajstić information content (AvgIpc) is 3.36. The second-order valence-electron chi connectivity index (χ2n) is 8.67. The fourth-order valence-corrected chi connectivity index (χ4v) is 5.45. The molecule has 0 spiro atoms. The van der Waals surface area contributed by atoms with Gasteiger partial charge in [-0.15, -0.1) is 11.3 Å². The van der Waals surface area contributed by atoms with Crippen LogP contribution in [0, 0.1) is 25.2 Å². The van der Waals surface area contributed by atoms with E-state index in [1.54, 1.807) is 17.3 Å². The van der Waals surface area contributed by atoms with Gasteiger partial charge in [-0.2, -0.15) is 5.26 Å². The number of imidazole rings is 1. The number of carbonyl (C=O) groups is 2. The van der Waals surface area contributed by atoms with Crippen molar-refractivity contribution >= 4 is 28.3 Å². The molecule has 3 aromatic rings. The summed E-state index contributed by atoms with van der Waals surface area (Å²) in [6, 6.07) is 6.03. The van der Waals surface area contributed by atoms with Crippen LogP contribution in [0.1, 0.15) is 52.3 Å². The molecule has 0 aromatic carbocycles. The molecular formula is C25H28N6O3S. The zero-order chi connectivity index (χ0) is 24.9. The number of amides is 2. The lowest BCUT2D eigenvalue weighted by atomic mass is 9.99. The van der Waals surface area contributed by atoms with Crippen LogP contribution in [0.3, 0.4) is 0 Å². The molecule has 1 N–H and O–H groups in total. The largest absolute Gasteiger partial charge is 0.448 e. The first-order valence-corrected chi connectivity index (χ1v) is 12.3. The van der Waals surface area contributed by atoms with Gasteiger partial charge in [-0.1, -0.05) is 13.0 Å². The van der Waals surface area contributed by atoms with Crippen molar-refractivity contribution in [1.29, 1.82) is 5.26 Å². The zero-order valence-corrected chi connectivity index (χ0v) is 20.9. The number of rotatable bonds is 7. The average molecular weight is 493 g/mol. The van der Waals surface area contributed by atoms with Crippen LogP contribution in [0.4, 0.5) is 9.80 Å². The second-order valence-corrected chi connectivity index (χ2v) is 9.77. The van der Waals surface area contributed by atoms with Crippen molar-refractivity contribution in [3.8, 4) is 6.07 Å². The Balaban J connectivity index is 1.35. The highest BCUT2D eigenvalue weighted by Crippen LogP contribution is 2.37. The van der Waals surface area contributed by atoms with Gasteiger partial charge in [-0.3, -0.25) is 9.78 Å². The third kappa shape index (κ3) is 5.69. The minimum atomic E-state index is -0.382. The fourth-order valence-electron chi connectivity index (χ4n) is 4.22. The number of anilines is 1. The van der Waals surface area contributed by atoms with Crippen LogP contribution < -0.4 is 5.32 Å². The van der Waals surface area contributed by atoms with Crippen LogP contribution in [0.5, 0.6) is 0 Å². The number of ether oxygens (including phenoxy) is 1. The van der Waals surface area contributed by atoms with Crippen molar-refractivity contribution < 1.29 is 14.3 Å². The van der Waals surface area contributed by atoms with Crippen LogP contribution in [0.15, 0.2) is 30.7 Å². The number of aromatic nitrogens is 3. The van der Waals surface area contributed by atoms with E-state index in [9.17, 15) is 14.9 Å². The number of pyridine rings is 1. The summed E-state index contributed by atoms with van der Waals surface area (Å²) in [4.78, 5) is 36.3. The predicted molar refractivity (Wildman–Crippen MR) is 132 cm³/mol. The topological polar surface area (TPSA) is 113 Å². The molecule has 182 valence electrons. The van der Waals surface area contributed by atoms with Crippen LogP contribution >= 0.6 is 11.3 Å². The summed E-state index contributed by atoms with van der Waals surface area (Å²) in [5.41, 5.74) is 3.31. The van der Waals surface area contributed by atoms with Gasteiger partial charge in [0, 0.05) is 36.4 Å². The summed E-state index contributed by atoms with van der Waals surface area (Å²) >= 11 is 1.36. The van der Waals surface area contributed by atoms with Crippen LogP contribution in [0.25, 0.3) is 0 Å². The lowest BCUT2D eigenvalue weighted by Gasteiger charge is -2.26. The van der Waals surface area contributed by atoms with Crippen molar-refractivity contribution in [2.24, 2.45) is 0 Å². The van der Waals surface area contributed by atoms with Crippen molar-refractivity contribution in [1.82, 2.24) is 19.4 Å². The van der Waals surface area contributed by atoms with Crippen molar-refractivity contribution in [2.45, 2.75) is 52.6 Å². The van der Waals surface area contributed by atoms with E-state index in [-0.39, 0.29) is 30.9 Å². The third-order valence-corrected chi connectivity index (χ3v) is 7.21. The van der Waals surface area contributed by atoms with Crippen molar-refractivity contribution in [3.63, 3.8) is 0 Å². The number of nitrogens with zero attached hydrogens (tertiary/aromatic N) is 5. The molecule has 0 saturated carbocycles. The highest BCUT2D eigenvalue weighted by molar-refractivity contribution is 7.16. The van der Waals surface area contributed by atoms with E-state index in [1.807, 2.05) is 43.7 Å². The van der Waals surface area contributed by atoms with Gasteiger partial charge < -0.3 is 19.5 Å². The van der Waals surface area contributed by atoms with Crippen LogP contribution in [-0.2, 0) is 29.0 Å². The molecule has 35 heavy (non-hydrogen) atoms. The van der Waals surface area contributed by atoms with Crippen molar-refractivity contribution in [3.05, 3.63) is 63.8 Å². The maximum Gasteiger partial charge on any atom is 0.410 e. The number of hydrogen-bond acceptors (Lipinski definition) is 7. The molecule has 0 unspecified atom stereocenters. The van der Waals surface area contributed by atoms with Gasteiger partial charge in [0.05, 0.1) is 24.3 Å². The van der Waals surface area contributed by atoms with E-state index in [2.05, 4.69) is 21.4 Å². The summed E-state index contributed by atoms with van der Waals surface area (Å²) in [5.74, 6) is 0.732. The van der Waals surface area contributed by atoms with E-state index >= 15 is 0 Å². The summed E-state index contributed by atoms with van der Waals surface area (Å²) in [6.45, 7) is 7.44. The maximum atomic E-state index is 12.7. The van der Waals surface area contributed by atoms with E-state index in [1.165, 1.54) is 11.3 Å². The SMILES string of the molecule is Cc1cn(CCOC(=O)N2CCc3c(sc(NC(=O)C[C@H](C)c4cccnc4)c3C#N)C2)c(C)n1. The first-order valence-electron chi connectivity index (χ1n) is 11.5. The number of thiophene rings is 1. The lowest BCUT2D eigenvalue weighted by Crippen LogP contribution is -2.36. The number of nitrogens with one attached hydrogen (secondary N) is 1. The van der Waals surface area contributed by atoms with Gasteiger partial charge in [-0.05, 0) is 43.4 Å². The number of nitriles is 1.